The van der Waals surface area contributed by atoms with Gasteiger partial charge in [-0.15, -0.1) is 0 Å². The first-order valence-corrected chi connectivity index (χ1v) is 6.29. The highest BCUT2D eigenvalue weighted by Crippen LogP contribution is 2.23. The average molecular weight is 269 g/mol. The largest absolute Gasteiger partial charge is 0.370 e. The van der Waals surface area contributed by atoms with E-state index in [1.54, 1.807) is 19.0 Å². The molecule has 0 spiro atoms. The summed E-state index contributed by atoms with van der Waals surface area (Å²) >= 11 is 5.86. The Hall–Kier alpha value is -1.26. The molecule has 1 aromatic rings. The number of morpholine rings is 1. The quantitative estimate of drug-likeness (QED) is 0.784. The number of carbonyl (C=O) groups is 1. The van der Waals surface area contributed by atoms with E-state index in [1.165, 1.54) is 0 Å². The molecule has 98 valence electrons. The maximum Gasteiger partial charge on any atom is 0.319 e. The van der Waals surface area contributed by atoms with Crippen molar-refractivity contribution in [2.24, 2.45) is 0 Å². The number of benzene rings is 1. The SMILES string of the molecule is CN(C)C(=O)N1CCOC(c2ccc(Cl)cc2)C1. The molecule has 0 aromatic heterocycles. The average Bonchev–Trinajstić information content (AvgIpc) is 2.38. The summed E-state index contributed by atoms with van der Waals surface area (Å²) in [6.07, 6.45) is -0.0695. The van der Waals surface area contributed by atoms with Gasteiger partial charge in [0.1, 0.15) is 6.10 Å². The lowest BCUT2D eigenvalue weighted by atomic mass is 10.1. The third-order valence-corrected chi connectivity index (χ3v) is 3.21. The van der Waals surface area contributed by atoms with Crippen LogP contribution in [0.2, 0.25) is 5.02 Å². The smallest absolute Gasteiger partial charge is 0.319 e. The minimum atomic E-state index is -0.0695. The van der Waals surface area contributed by atoms with Gasteiger partial charge in [-0.2, -0.15) is 0 Å². The maximum atomic E-state index is 11.9. The van der Waals surface area contributed by atoms with E-state index in [9.17, 15) is 4.79 Å². The number of urea groups is 1. The molecule has 2 amide bonds. The number of nitrogens with zero attached hydrogens (tertiary/aromatic N) is 2. The highest BCUT2D eigenvalue weighted by Gasteiger charge is 2.26. The molecule has 0 radical (unpaired) electrons. The highest BCUT2D eigenvalue weighted by molar-refractivity contribution is 6.30. The van der Waals surface area contributed by atoms with Crippen LogP contribution in [0.5, 0.6) is 0 Å². The third-order valence-electron chi connectivity index (χ3n) is 2.96. The minimum absolute atomic E-state index is 0.0252. The number of carbonyl (C=O) groups excluding carboxylic acids is 1. The molecule has 1 fully saturated rings. The molecule has 0 aliphatic carbocycles. The van der Waals surface area contributed by atoms with E-state index in [2.05, 4.69) is 0 Å². The summed E-state index contributed by atoms with van der Waals surface area (Å²) in [6, 6.07) is 7.59. The van der Waals surface area contributed by atoms with Gasteiger partial charge in [0.15, 0.2) is 0 Å². The van der Waals surface area contributed by atoms with E-state index in [4.69, 9.17) is 16.3 Å². The van der Waals surface area contributed by atoms with Crippen molar-refractivity contribution in [1.29, 1.82) is 0 Å². The van der Waals surface area contributed by atoms with Gasteiger partial charge in [0.05, 0.1) is 13.2 Å². The lowest BCUT2D eigenvalue weighted by molar-refractivity contribution is -0.0188. The van der Waals surface area contributed by atoms with Crippen LogP contribution in [0.15, 0.2) is 24.3 Å². The highest BCUT2D eigenvalue weighted by atomic mass is 35.5. The first kappa shape index (κ1) is 13.2. The van der Waals surface area contributed by atoms with Crippen LogP contribution < -0.4 is 0 Å². The topological polar surface area (TPSA) is 32.8 Å². The van der Waals surface area contributed by atoms with E-state index in [0.717, 1.165) is 5.56 Å². The van der Waals surface area contributed by atoms with E-state index in [-0.39, 0.29) is 12.1 Å². The van der Waals surface area contributed by atoms with Gasteiger partial charge in [0, 0.05) is 25.7 Å². The van der Waals surface area contributed by atoms with Gasteiger partial charge in [-0.3, -0.25) is 0 Å². The normalized spacial score (nSPS) is 19.7. The number of ether oxygens (including phenoxy) is 1. The predicted molar refractivity (Wildman–Crippen MR) is 70.8 cm³/mol. The molecule has 1 saturated heterocycles. The van der Waals surface area contributed by atoms with Gasteiger partial charge >= 0.3 is 6.03 Å². The molecule has 1 heterocycles. The predicted octanol–water partition coefficient (Wildman–Crippen LogP) is 2.39. The van der Waals surface area contributed by atoms with Crippen LogP contribution in [-0.2, 0) is 4.74 Å². The fourth-order valence-corrected chi connectivity index (χ4v) is 2.11. The zero-order chi connectivity index (χ0) is 13.1. The summed E-state index contributed by atoms with van der Waals surface area (Å²) in [4.78, 5) is 15.3. The number of rotatable bonds is 1. The van der Waals surface area contributed by atoms with Crippen molar-refractivity contribution in [3.05, 3.63) is 34.9 Å². The molecular formula is C13H17ClN2O2. The van der Waals surface area contributed by atoms with Gasteiger partial charge < -0.3 is 14.5 Å². The molecule has 1 unspecified atom stereocenters. The third kappa shape index (κ3) is 2.94. The Bertz CT molecular complexity index is 420. The molecule has 18 heavy (non-hydrogen) atoms. The Balaban J connectivity index is 2.07. The molecule has 1 atom stereocenters. The monoisotopic (exact) mass is 268 g/mol. The molecule has 4 nitrogen and oxygen atoms in total. The fraction of sp³-hybridized carbons (Fsp3) is 0.462. The maximum absolute atomic E-state index is 11.9. The van der Waals surface area contributed by atoms with Crippen molar-refractivity contribution in [3.8, 4) is 0 Å². The van der Waals surface area contributed by atoms with Crippen molar-refractivity contribution in [3.63, 3.8) is 0 Å². The Morgan fingerprint density at radius 2 is 2.06 bits per heavy atom. The number of amides is 2. The van der Waals surface area contributed by atoms with Gasteiger partial charge in [0.25, 0.3) is 0 Å². The summed E-state index contributed by atoms with van der Waals surface area (Å²) in [7, 11) is 3.52. The van der Waals surface area contributed by atoms with Gasteiger partial charge in [-0.05, 0) is 17.7 Å². The molecule has 0 N–H and O–H groups in total. The van der Waals surface area contributed by atoms with Crippen molar-refractivity contribution >= 4 is 17.6 Å². The zero-order valence-corrected chi connectivity index (χ0v) is 11.4. The standard InChI is InChI=1S/C13H17ClN2O2/c1-15(2)13(17)16-7-8-18-12(9-16)10-3-5-11(14)6-4-10/h3-6,12H,7-9H2,1-2H3. The fourth-order valence-electron chi connectivity index (χ4n) is 1.98. The van der Waals surface area contributed by atoms with Crippen molar-refractivity contribution < 1.29 is 9.53 Å². The molecule has 5 heteroatoms. The van der Waals surface area contributed by atoms with Crippen LogP contribution in [0.3, 0.4) is 0 Å². The van der Waals surface area contributed by atoms with Gasteiger partial charge in [-0.1, -0.05) is 23.7 Å². The Labute approximate surface area is 112 Å². The zero-order valence-electron chi connectivity index (χ0n) is 10.6. The first-order valence-electron chi connectivity index (χ1n) is 5.91. The Morgan fingerprint density at radius 1 is 1.39 bits per heavy atom. The second kappa shape index (κ2) is 5.59. The molecule has 2 rings (SSSR count). The number of halogens is 1. The van der Waals surface area contributed by atoms with E-state index >= 15 is 0 Å². The van der Waals surface area contributed by atoms with Crippen molar-refractivity contribution in [1.82, 2.24) is 9.80 Å². The number of hydrogen-bond acceptors (Lipinski definition) is 2. The summed E-state index contributed by atoms with van der Waals surface area (Å²) in [5.41, 5.74) is 1.05. The Kier molecular flexibility index (Phi) is 4.09. The van der Waals surface area contributed by atoms with Crippen LogP contribution in [-0.4, -0.2) is 49.6 Å². The van der Waals surface area contributed by atoms with Gasteiger partial charge in [0.2, 0.25) is 0 Å². The summed E-state index contributed by atoms with van der Waals surface area (Å²) in [5.74, 6) is 0. The molecule has 1 aromatic carbocycles. The van der Waals surface area contributed by atoms with E-state index in [0.29, 0.717) is 24.7 Å². The molecule has 1 aliphatic heterocycles. The van der Waals surface area contributed by atoms with Crippen LogP contribution in [0, 0.1) is 0 Å². The van der Waals surface area contributed by atoms with Crippen LogP contribution >= 0.6 is 11.6 Å². The van der Waals surface area contributed by atoms with Gasteiger partial charge in [-0.25, -0.2) is 4.79 Å². The summed E-state index contributed by atoms with van der Waals surface area (Å²) < 4.78 is 5.71. The molecule has 0 bridgehead atoms. The minimum Gasteiger partial charge on any atom is -0.370 e. The second-order valence-corrected chi connectivity index (χ2v) is 4.97. The van der Waals surface area contributed by atoms with E-state index in [1.807, 2.05) is 29.2 Å². The summed E-state index contributed by atoms with van der Waals surface area (Å²) in [6.45, 7) is 1.78. The van der Waals surface area contributed by atoms with Crippen LogP contribution in [0.25, 0.3) is 0 Å². The van der Waals surface area contributed by atoms with Crippen molar-refractivity contribution in [2.75, 3.05) is 33.8 Å². The first-order chi connectivity index (χ1) is 8.58. The molecule has 0 saturated carbocycles. The number of hydrogen-bond donors (Lipinski definition) is 0. The van der Waals surface area contributed by atoms with Crippen LogP contribution in [0.1, 0.15) is 11.7 Å². The Morgan fingerprint density at radius 3 is 2.67 bits per heavy atom. The second-order valence-electron chi connectivity index (χ2n) is 4.53. The lowest BCUT2D eigenvalue weighted by Gasteiger charge is -2.34. The van der Waals surface area contributed by atoms with Crippen molar-refractivity contribution in [2.45, 2.75) is 6.10 Å². The lowest BCUT2D eigenvalue weighted by Crippen LogP contribution is -2.46. The molecular weight excluding hydrogens is 252 g/mol. The van der Waals surface area contributed by atoms with E-state index < -0.39 is 0 Å². The molecule has 1 aliphatic rings. The van der Waals surface area contributed by atoms with Crippen LogP contribution in [0.4, 0.5) is 4.79 Å². The summed E-state index contributed by atoms with van der Waals surface area (Å²) in [5, 5.41) is 0.704.